The van der Waals surface area contributed by atoms with Crippen molar-refractivity contribution in [2.24, 2.45) is 0 Å². The minimum Gasteiger partial charge on any atom is -0.495 e. The lowest BCUT2D eigenvalue weighted by molar-refractivity contribution is -0.142. The van der Waals surface area contributed by atoms with E-state index in [-0.39, 0.29) is 0 Å². The Hall–Kier alpha value is -0.0500. The Balaban J connectivity index is 3.48. The van der Waals surface area contributed by atoms with Crippen LogP contribution in [0.4, 0.5) is 0 Å². The number of methoxy groups -OCH3 is 1. The fourth-order valence-electron chi connectivity index (χ4n) is 1.35. The fourth-order valence-corrected chi connectivity index (χ4v) is 3.41. The zero-order chi connectivity index (χ0) is 12.5. The van der Waals surface area contributed by atoms with E-state index in [2.05, 4.69) is 45.2 Å². The van der Waals surface area contributed by atoms with Gasteiger partial charge in [0, 0.05) is 9.13 Å². The van der Waals surface area contributed by atoms with Crippen LogP contribution in [0.2, 0.25) is 0 Å². The first-order chi connectivity index (χ1) is 7.30. The average molecular weight is 446 g/mol. The molecule has 0 radical (unpaired) electrons. The zero-order valence-electron chi connectivity index (χ0n) is 9.17. The van der Waals surface area contributed by atoms with Gasteiger partial charge in [-0.05, 0) is 71.2 Å². The van der Waals surface area contributed by atoms with Crippen molar-refractivity contribution < 1.29 is 14.6 Å². The van der Waals surface area contributed by atoms with Gasteiger partial charge in [0.15, 0.2) is 0 Å². The van der Waals surface area contributed by atoms with Crippen LogP contribution in [-0.4, -0.2) is 18.2 Å². The second-order valence-corrected chi connectivity index (χ2v) is 6.31. The lowest BCUT2D eigenvalue weighted by Gasteiger charge is -2.23. The van der Waals surface area contributed by atoms with Gasteiger partial charge in [0.05, 0.1) is 16.1 Å². The first-order valence-electron chi connectivity index (χ1n) is 4.57. The van der Waals surface area contributed by atoms with Gasteiger partial charge in [0.2, 0.25) is 0 Å². The molecule has 0 atom stereocenters. The summed E-state index contributed by atoms with van der Waals surface area (Å²) in [6.07, 6.45) is 0. The lowest BCUT2D eigenvalue weighted by atomic mass is 9.84. The van der Waals surface area contributed by atoms with Crippen LogP contribution in [0.3, 0.4) is 0 Å². The molecule has 0 amide bonds. The van der Waals surface area contributed by atoms with Gasteiger partial charge < -0.3 is 9.84 Å². The highest BCUT2D eigenvalue weighted by Gasteiger charge is 2.33. The Bertz CT molecular complexity index is 427. The Kier molecular flexibility index (Phi) is 4.44. The molecule has 5 heteroatoms. The van der Waals surface area contributed by atoms with E-state index in [0.29, 0.717) is 11.3 Å². The fraction of sp³-hybridized carbons (Fsp3) is 0.364. The number of hydrogen-bond donors (Lipinski definition) is 1. The van der Waals surface area contributed by atoms with Crippen molar-refractivity contribution in [3.63, 3.8) is 0 Å². The van der Waals surface area contributed by atoms with E-state index < -0.39 is 11.4 Å². The molecule has 0 aliphatic carbocycles. The first kappa shape index (κ1) is 14.0. The number of carboxylic acid groups (broad SMARTS) is 1. The Morgan fingerprint density at radius 3 is 2.38 bits per heavy atom. The Morgan fingerprint density at radius 2 is 1.94 bits per heavy atom. The summed E-state index contributed by atoms with van der Waals surface area (Å²) in [5, 5.41) is 9.24. The largest absolute Gasteiger partial charge is 0.495 e. The molecule has 1 rings (SSSR count). The number of ether oxygens (including phenoxy) is 1. The normalized spacial score (nSPS) is 11.3. The predicted molar refractivity (Wildman–Crippen MR) is 79.1 cm³/mol. The van der Waals surface area contributed by atoms with Crippen molar-refractivity contribution in [3.05, 3.63) is 24.8 Å². The molecule has 1 aromatic rings. The second-order valence-electron chi connectivity index (χ2n) is 3.90. The molecule has 0 aliphatic rings. The number of carbonyl (C=O) groups is 1. The van der Waals surface area contributed by atoms with E-state index in [1.807, 2.05) is 12.1 Å². The van der Waals surface area contributed by atoms with Crippen LogP contribution in [0.1, 0.15) is 19.4 Å². The van der Waals surface area contributed by atoms with Crippen molar-refractivity contribution in [3.8, 4) is 5.75 Å². The number of carboxylic acids is 1. The summed E-state index contributed by atoms with van der Waals surface area (Å²) in [4.78, 5) is 11.3. The number of benzene rings is 1. The standard InChI is InChI=1S/C11H12I2O3/c1-11(2,10(14)15)7-4-6(12)5-8(13)9(7)16-3/h4-5H,1-3H3,(H,14,15). The second kappa shape index (κ2) is 5.07. The number of hydrogen-bond acceptors (Lipinski definition) is 2. The summed E-state index contributed by atoms with van der Waals surface area (Å²) in [5.74, 6) is -0.211. The van der Waals surface area contributed by atoms with Crippen molar-refractivity contribution in [2.75, 3.05) is 7.11 Å². The van der Waals surface area contributed by atoms with E-state index in [4.69, 9.17) is 4.74 Å². The molecule has 3 nitrogen and oxygen atoms in total. The van der Waals surface area contributed by atoms with Crippen LogP contribution < -0.4 is 4.74 Å². The number of rotatable bonds is 3. The van der Waals surface area contributed by atoms with Gasteiger partial charge in [-0.1, -0.05) is 0 Å². The molecule has 0 aromatic heterocycles. The maximum Gasteiger partial charge on any atom is 0.313 e. The highest BCUT2D eigenvalue weighted by molar-refractivity contribution is 14.1. The molecule has 0 saturated heterocycles. The summed E-state index contributed by atoms with van der Waals surface area (Å²) in [6.45, 7) is 3.36. The first-order valence-corrected chi connectivity index (χ1v) is 6.73. The summed E-state index contributed by atoms with van der Waals surface area (Å²) in [5.41, 5.74) is -0.245. The molecule has 1 aromatic carbocycles. The maximum atomic E-state index is 11.3. The molecule has 0 unspecified atom stereocenters. The molecule has 0 bridgehead atoms. The van der Waals surface area contributed by atoms with Gasteiger partial charge >= 0.3 is 5.97 Å². The highest BCUT2D eigenvalue weighted by atomic mass is 127. The van der Waals surface area contributed by atoms with Gasteiger partial charge in [0.1, 0.15) is 5.75 Å². The quantitative estimate of drug-likeness (QED) is 0.726. The van der Waals surface area contributed by atoms with Gasteiger partial charge in [-0.3, -0.25) is 4.79 Å². The smallest absolute Gasteiger partial charge is 0.313 e. The highest BCUT2D eigenvalue weighted by Crippen LogP contribution is 2.36. The molecule has 0 fully saturated rings. The molecule has 16 heavy (non-hydrogen) atoms. The summed E-state index contributed by atoms with van der Waals surface area (Å²) in [6, 6.07) is 3.82. The van der Waals surface area contributed by atoms with Crippen molar-refractivity contribution in [1.29, 1.82) is 0 Å². The maximum absolute atomic E-state index is 11.3. The van der Waals surface area contributed by atoms with Crippen LogP contribution in [0.25, 0.3) is 0 Å². The molecule has 0 aliphatic heterocycles. The van der Waals surface area contributed by atoms with Crippen LogP contribution in [0.5, 0.6) is 5.75 Å². The Morgan fingerprint density at radius 1 is 1.38 bits per heavy atom. The molecule has 0 spiro atoms. The lowest BCUT2D eigenvalue weighted by Crippen LogP contribution is -2.29. The van der Waals surface area contributed by atoms with E-state index >= 15 is 0 Å². The third kappa shape index (κ3) is 2.61. The summed E-state index contributed by atoms with van der Waals surface area (Å²) in [7, 11) is 1.56. The van der Waals surface area contributed by atoms with Gasteiger partial charge in [-0.25, -0.2) is 0 Å². The molecular weight excluding hydrogens is 434 g/mol. The SMILES string of the molecule is COc1c(I)cc(I)cc1C(C)(C)C(=O)O. The molecule has 0 saturated carbocycles. The topological polar surface area (TPSA) is 46.5 Å². The van der Waals surface area contributed by atoms with Gasteiger partial charge in [-0.15, -0.1) is 0 Å². The van der Waals surface area contributed by atoms with E-state index in [9.17, 15) is 9.90 Å². The summed E-state index contributed by atoms with van der Waals surface area (Å²) >= 11 is 4.33. The minimum absolute atomic E-state index is 0.647. The van der Waals surface area contributed by atoms with Crippen LogP contribution in [0, 0.1) is 7.14 Å². The van der Waals surface area contributed by atoms with E-state index in [1.54, 1.807) is 21.0 Å². The number of aliphatic carboxylic acids is 1. The van der Waals surface area contributed by atoms with Crippen molar-refractivity contribution in [1.82, 2.24) is 0 Å². The monoisotopic (exact) mass is 446 g/mol. The van der Waals surface area contributed by atoms with Gasteiger partial charge in [0.25, 0.3) is 0 Å². The molecule has 88 valence electrons. The van der Waals surface area contributed by atoms with E-state index in [0.717, 1.165) is 7.14 Å². The number of halogens is 2. The third-order valence-electron chi connectivity index (χ3n) is 2.42. The Labute approximate surface area is 122 Å². The third-order valence-corrected chi connectivity index (χ3v) is 3.84. The van der Waals surface area contributed by atoms with Crippen LogP contribution in [0.15, 0.2) is 12.1 Å². The molecule has 1 N–H and O–H groups in total. The van der Waals surface area contributed by atoms with Crippen molar-refractivity contribution in [2.45, 2.75) is 19.3 Å². The van der Waals surface area contributed by atoms with E-state index in [1.165, 1.54) is 0 Å². The van der Waals surface area contributed by atoms with Crippen molar-refractivity contribution >= 4 is 51.2 Å². The average Bonchev–Trinajstić information content (AvgIpc) is 2.16. The predicted octanol–water partition coefficient (Wildman–Crippen LogP) is 3.27. The zero-order valence-corrected chi connectivity index (χ0v) is 13.5. The minimum atomic E-state index is -0.952. The van der Waals surface area contributed by atoms with Gasteiger partial charge in [-0.2, -0.15) is 0 Å². The van der Waals surface area contributed by atoms with Crippen LogP contribution in [-0.2, 0) is 10.2 Å². The molecular formula is C11H12I2O3. The summed E-state index contributed by atoms with van der Waals surface area (Å²) < 4.78 is 7.23. The molecule has 0 heterocycles. The van der Waals surface area contributed by atoms with Crippen LogP contribution >= 0.6 is 45.2 Å².